The normalized spacial score (nSPS) is 15.8. The van der Waals surface area contributed by atoms with Crippen LogP contribution in [0.15, 0.2) is 144 Å². The van der Waals surface area contributed by atoms with Gasteiger partial charge in [-0.25, -0.2) is 0 Å². The number of carbonyl (C=O) groups is 2. The van der Waals surface area contributed by atoms with E-state index in [1.54, 1.807) is 6.07 Å². The summed E-state index contributed by atoms with van der Waals surface area (Å²) in [4.78, 5) is 44.8. The highest BCUT2D eigenvalue weighted by molar-refractivity contribution is 6.26. The zero-order valence-corrected chi connectivity index (χ0v) is 40.9. The molecular formula is C52H63N5O6Si2. The fourth-order valence-corrected chi connectivity index (χ4v) is 11.4. The van der Waals surface area contributed by atoms with Gasteiger partial charge in [-0.1, -0.05) is 136 Å². The van der Waals surface area contributed by atoms with Crippen LogP contribution in [0.4, 0.5) is 5.69 Å². The van der Waals surface area contributed by atoms with Crippen LogP contribution in [0.25, 0.3) is 10.9 Å². The van der Waals surface area contributed by atoms with Gasteiger partial charge in [0.15, 0.2) is 19.5 Å². The zero-order chi connectivity index (χ0) is 45.8. The largest absolute Gasteiger partial charge is 0.487 e. The van der Waals surface area contributed by atoms with Gasteiger partial charge < -0.3 is 39.8 Å². The molecule has 1 aromatic heterocycles. The van der Waals surface area contributed by atoms with E-state index < -0.39 is 30.4 Å². The number of hydrogen-bond donors (Lipinski definition) is 4. The predicted octanol–water partition coefficient (Wildman–Crippen LogP) is 6.75. The second kappa shape index (κ2) is 22.0. The molecule has 0 saturated carbocycles. The van der Waals surface area contributed by atoms with E-state index >= 15 is 0 Å². The molecule has 0 bridgehead atoms. The Kier molecular flexibility index (Phi) is 16.0. The van der Waals surface area contributed by atoms with Crippen LogP contribution in [-0.4, -0.2) is 73.7 Å². The van der Waals surface area contributed by atoms with Crippen LogP contribution in [0.1, 0.15) is 60.4 Å². The molecule has 0 spiro atoms. The Morgan fingerprint density at radius 1 is 0.815 bits per heavy atom. The zero-order valence-electron chi connectivity index (χ0n) is 38.1. The van der Waals surface area contributed by atoms with Crippen molar-refractivity contribution in [3.63, 3.8) is 0 Å². The van der Waals surface area contributed by atoms with Gasteiger partial charge in [0.2, 0.25) is 17.4 Å². The third kappa shape index (κ3) is 11.1. The van der Waals surface area contributed by atoms with Crippen molar-refractivity contribution in [3.05, 3.63) is 178 Å². The van der Waals surface area contributed by atoms with Gasteiger partial charge in [-0.05, 0) is 71.0 Å². The number of anilines is 1. The summed E-state index contributed by atoms with van der Waals surface area (Å²) in [6.45, 7) is 12.3. The lowest BCUT2D eigenvalue weighted by atomic mass is 9.64. The number of rotatable bonds is 22. The standard InChI is InChI=1S/C52H63N5O6Si2/c1-51(2,50(62-64-3)63-65-4)44(42-24-26-45(48-43(42)25-27-46(58)56-48)61-35-37-14-8-5-9-15-37)33-54-32-36-20-22-41(23-21-36)55-47(59)29-31-57-30-28-40(34-57)52(49(53)60,38-16-10-6-11-17-38)39-18-12-7-13-19-39/h5-27,40,44,50,54H,28-35,64-65H2,1-4H3,(H2,53,60)(H,55,59)(H,56,58). The third-order valence-corrected chi connectivity index (χ3v) is 14.2. The summed E-state index contributed by atoms with van der Waals surface area (Å²) < 4.78 is 19.1. The number of nitrogens with zero attached hydrogens (tertiary/aromatic N) is 1. The number of aromatic nitrogens is 1. The average molecular weight is 910 g/mol. The molecule has 2 heterocycles. The first-order valence-electron chi connectivity index (χ1n) is 22.8. The van der Waals surface area contributed by atoms with Crippen LogP contribution in [0.5, 0.6) is 5.75 Å². The van der Waals surface area contributed by atoms with Gasteiger partial charge >= 0.3 is 0 Å². The van der Waals surface area contributed by atoms with E-state index in [2.05, 4.69) is 53.5 Å². The molecule has 1 fully saturated rings. The fourth-order valence-electron chi connectivity index (χ4n) is 9.59. The smallest absolute Gasteiger partial charge is 0.248 e. The molecule has 5 N–H and O–H groups in total. The first kappa shape index (κ1) is 47.3. The van der Waals surface area contributed by atoms with E-state index in [9.17, 15) is 14.4 Å². The Morgan fingerprint density at radius 2 is 1.45 bits per heavy atom. The van der Waals surface area contributed by atoms with Crippen LogP contribution < -0.4 is 26.7 Å². The van der Waals surface area contributed by atoms with Gasteiger partial charge in [-0.3, -0.25) is 14.4 Å². The van der Waals surface area contributed by atoms with Crippen molar-refractivity contribution in [2.24, 2.45) is 17.1 Å². The first-order chi connectivity index (χ1) is 31.5. The average Bonchev–Trinajstić information content (AvgIpc) is 3.79. The number of ether oxygens (including phenoxy) is 1. The van der Waals surface area contributed by atoms with Gasteiger partial charge in [0.05, 0.1) is 5.52 Å². The molecule has 0 radical (unpaired) electrons. The van der Waals surface area contributed by atoms with Crippen molar-refractivity contribution in [1.29, 1.82) is 0 Å². The van der Waals surface area contributed by atoms with Crippen molar-refractivity contribution in [1.82, 2.24) is 15.2 Å². The maximum Gasteiger partial charge on any atom is 0.248 e. The quantitative estimate of drug-likeness (QED) is 0.0432. The van der Waals surface area contributed by atoms with Crippen molar-refractivity contribution in [2.75, 3.05) is 31.5 Å². The highest BCUT2D eigenvalue weighted by Gasteiger charge is 2.49. The number of fused-ring (bicyclic) bond motifs is 1. The molecule has 340 valence electrons. The van der Waals surface area contributed by atoms with Crippen LogP contribution in [0.3, 0.4) is 0 Å². The number of aromatic amines is 1. The number of pyridine rings is 1. The minimum atomic E-state index is -0.967. The molecule has 11 nitrogen and oxygen atoms in total. The van der Waals surface area contributed by atoms with Crippen LogP contribution in [0.2, 0.25) is 13.1 Å². The molecule has 7 rings (SSSR count). The van der Waals surface area contributed by atoms with Gasteiger partial charge in [-0.2, -0.15) is 0 Å². The third-order valence-electron chi connectivity index (χ3n) is 12.9. The number of primary amides is 1. The highest BCUT2D eigenvalue weighted by atomic mass is 28.2. The number of benzene rings is 5. The second-order valence-electron chi connectivity index (χ2n) is 17.5. The Bertz CT molecular complexity index is 2500. The van der Waals surface area contributed by atoms with E-state index in [1.165, 1.54) is 0 Å². The molecule has 2 atom stereocenters. The topological polar surface area (TPSA) is 148 Å². The van der Waals surface area contributed by atoms with Crippen molar-refractivity contribution in [3.8, 4) is 5.75 Å². The minimum Gasteiger partial charge on any atom is -0.487 e. The molecular weight excluding hydrogens is 847 g/mol. The fraction of sp³-hybridized carbons (Fsp3) is 0.327. The summed E-state index contributed by atoms with van der Waals surface area (Å²) in [5, 5.41) is 7.72. The summed E-state index contributed by atoms with van der Waals surface area (Å²) >= 11 is 0. The van der Waals surface area contributed by atoms with Crippen LogP contribution >= 0.6 is 0 Å². The van der Waals surface area contributed by atoms with Crippen LogP contribution in [-0.2, 0) is 37.0 Å². The van der Waals surface area contributed by atoms with Gasteiger partial charge in [0.25, 0.3) is 0 Å². The monoisotopic (exact) mass is 909 g/mol. The minimum absolute atomic E-state index is 0.0374. The summed E-state index contributed by atoms with van der Waals surface area (Å²) in [5.74, 6) is 0.0878. The molecule has 13 heteroatoms. The number of nitrogens with one attached hydrogen (secondary N) is 3. The highest BCUT2D eigenvalue weighted by Crippen LogP contribution is 2.45. The Balaban J connectivity index is 0.995. The summed E-state index contributed by atoms with van der Waals surface area (Å²) in [6.07, 6.45) is 0.751. The van der Waals surface area contributed by atoms with E-state index in [1.807, 2.05) is 127 Å². The lowest BCUT2D eigenvalue weighted by molar-refractivity contribution is -0.124. The number of hydrogen-bond acceptors (Lipinski definition) is 8. The van der Waals surface area contributed by atoms with Crippen molar-refractivity contribution in [2.45, 2.75) is 70.6 Å². The summed E-state index contributed by atoms with van der Waals surface area (Å²) in [7, 11) is -1.56. The Morgan fingerprint density at radius 3 is 2.06 bits per heavy atom. The number of carbonyl (C=O) groups excluding carboxylic acids is 2. The molecule has 1 saturated heterocycles. The maximum atomic E-state index is 13.5. The number of amides is 2. The summed E-state index contributed by atoms with van der Waals surface area (Å²) in [5.41, 5.74) is 11.1. The van der Waals surface area contributed by atoms with E-state index in [-0.39, 0.29) is 35.5 Å². The molecule has 0 aliphatic carbocycles. The number of likely N-dealkylation sites (tertiary alicyclic amines) is 1. The van der Waals surface area contributed by atoms with E-state index in [4.69, 9.17) is 19.3 Å². The molecule has 1 aliphatic heterocycles. The molecule has 5 aromatic carbocycles. The van der Waals surface area contributed by atoms with Gasteiger partial charge in [0.1, 0.15) is 24.1 Å². The molecule has 65 heavy (non-hydrogen) atoms. The first-order valence-corrected chi connectivity index (χ1v) is 26.8. The van der Waals surface area contributed by atoms with Crippen LogP contribution in [0, 0.1) is 11.3 Å². The molecule has 2 amide bonds. The molecule has 2 unspecified atom stereocenters. The molecule has 6 aromatic rings. The number of H-pyrrole nitrogens is 1. The van der Waals surface area contributed by atoms with E-state index in [0.717, 1.165) is 51.9 Å². The Hall–Kier alpha value is -5.68. The van der Waals surface area contributed by atoms with Gasteiger partial charge in [0, 0.05) is 61.1 Å². The Labute approximate surface area is 387 Å². The summed E-state index contributed by atoms with van der Waals surface area (Å²) in [6, 6.07) is 45.2. The lowest BCUT2D eigenvalue weighted by Crippen LogP contribution is -2.49. The second-order valence-corrected chi connectivity index (χ2v) is 19.3. The predicted molar refractivity (Wildman–Crippen MR) is 265 cm³/mol. The number of nitrogens with two attached hydrogens (primary N) is 1. The molecule has 1 aliphatic rings. The lowest BCUT2D eigenvalue weighted by Gasteiger charge is -2.41. The SMILES string of the molecule is C[SiH2]OC(O[SiH2]C)C(C)(C)C(CNCc1ccc(NC(=O)CCN2CCC(C(C(N)=O)(c3ccccc3)c3ccccc3)C2)cc1)c1ccc(OCc2ccccc2)c2[nH]c(=O)ccc12. The van der Waals surface area contributed by atoms with Gasteiger partial charge in [-0.15, -0.1) is 0 Å². The maximum absolute atomic E-state index is 13.5. The van der Waals surface area contributed by atoms with Crippen molar-refractivity contribution >= 4 is 47.9 Å². The van der Waals surface area contributed by atoms with Crippen molar-refractivity contribution < 1.29 is 23.2 Å². The van der Waals surface area contributed by atoms with E-state index in [0.29, 0.717) is 50.5 Å².